The maximum absolute atomic E-state index is 13.5. The van der Waals surface area contributed by atoms with E-state index in [1.54, 1.807) is 0 Å². The van der Waals surface area contributed by atoms with Crippen molar-refractivity contribution >= 4 is 16.8 Å². The van der Waals surface area contributed by atoms with Gasteiger partial charge >= 0.3 is 0 Å². The van der Waals surface area contributed by atoms with Crippen LogP contribution in [0.15, 0.2) is 45.6 Å². The van der Waals surface area contributed by atoms with E-state index in [1.807, 2.05) is 45.0 Å². The molecule has 0 bridgehead atoms. The molecule has 3 rings (SSSR count). The molecular weight excluding hydrogens is 414 g/mol. The van der Waals surface area contributed by atoms with Gasteiger partial charge in [-0.1, -0.05) is 26.7 Å². The number of carbonyl (C=O) groups excluding carboxylic acids is 1. The molecule has 0 N–H and O–H groups in total. The maximum atomic E-state index is 13.5. The maximum Gasteiger partial charge on any atom is 0.205 e. The molecule has 0 amide bonds. The number of hydrogen-bond donors (Lipinski definition) is 0. The summed E-state index contributed by atoms with van der Waals surface area (Å²) in [6.45, 7) is 16.3. The van der Waals surface area contributed by atoms with E-state index in [4.69, 9.17) is 20.3 Å². The number of hydrogen-bond acceptors (Lipinski definition) is 5. The fourth-order valence-electron chi connectivity index (χ4n) is 4.25. The quantitative estimate of drug-likeness (QED) is 0.334. The second-order valence-electron chi connectivity index (χ2n) is 8.83. The molecule has 1 aliphatic carbocycles. The summed E-state index contributed by atoms with van der Waals surface area (Å²) in [5.41, 5.74) is 1.67. The fourth-order valence-corrected chi connectivity index (χ4v) is 4.25. The Kier molecular flexibility index (Phi) is 7.71. The molecule has 1 heterocycles. The van der Waals surface area contributed by atoms with Crippen molar-refractivity contribution in [3.05, 3.63) is 52.5 Å². The lowest BCUT2D eigenvalue weighted by molar-refractivity contribution is 0.103. The van der Waals surface area contributed by atoms with Crippen molar-refractivity contribution in [2.45, 2.75) is 53.4 Å². The lowest BCUT2D eigenvalue weighted by Gasteiger charge is -2.30. The first-order valence-electron chi connectivity index (χ1n) is 11.8. The summed E-state index contributed by atoms with van der Waals surface area (Å²) in [5.74, 6) is 4.53. The zero-order valence-electron chi connectivity index (χ0n) is 20.7. The van der Waals surface area contributed by atoms with Crippen LogP contribution >= 0.6 is 0 Å². The Hall–Kier alpha value is -2.97. The number of likely N-dealkylation sites (N-methyl/N-ethyl adjacent to an activating group) is 1. The second kappa shape index (κ2) is 10.3. The number of allylic oxidation sites excluding steroid dienone is 4. The molecule has 5 nitrogen and oxygen atoms in total. The van der Waals surface area contributed by atoms with Crippen molar-refractivity contribution in [3.8, 4) is 18.1 Å². The molecular formula is C28H35NO4. The third-order valence-electron chi connectivity index (χ3n) is 6.22. The van der Waals surface area contributed by atoms with Crippen molar-refractivity contribution in [2.75, 3.05) is 32.8 Å². The highest BCUT2D eigenvalue weighted by molar-refractivity contribution is 6.21. The summed E-state index contributed by atoms with van der Waals surface area (Å²) in [4.78, 5) is 15.8. The summed E-state index contributed by atoms with van der Waals surface area (Å²) in [6, 6.07) is 5.60. The lowest BCUT2D eigenvalue weighted by Crippen LogP contribution is -2.29. The first-order valence-corrected chi connectivity index (χ1v) is 11.8. The number of ketones is 1. The predicted octanol–water partition coefficient (Wildman–Crippen LogP) is 5.89. The molecule has 0 fully saturated rings. The van der Waals surface area contributed by atoms with Crippen molar-refractivity contribution in [2.24, 2.45) is 0 Å². The summed E-state index contributed by atoms with van der Waals surface area (Å²) in [6.07, 6.45) is 8.66. The highest BCUT2D eigenvalue weighted by Crippen LogP contribution is 2.46. The molecule has 0 spiro atoms. The molecule has 0 radical (unpaired) electrons. The smallest absolute Gasteiger partial charge is 0.205 e. The van der Waals surface area contributed by atoms with Gasteiger partial charge in [0, 0.05) is 23.4 Å². The largest absolute Gasteiger partial charge is 0.497 e. The van der Waals surface area contributed by atoms with E-state index in [1.165, 1.54) is 0 Å². The highest BCUT2D eigenvalue weighted by Gasteiger charge is 2.42. The van der Waals surface area contributed by atoms with Gasteiger partial charge in [0.05, 0.1) is 23.5 Å². The third-order valence-corrected chi connectivity index (χ3v) is 6.22. The van der Waals surface area contributed by atoms with Gasteiger partial charge < -0.3 is 18.8 Å². The van der Waals surface area contributed by atoms with Gasteiger partial charge in [-0.25, -0.2) is 0 Å². The molecule has 1 aromatic heterocycles. The molecule has 0 saturated heterocycles. The normalized spacial score (nSPS) is 15.7. The Morgan fingerprint density at radius 2 is 1.94 bits per heavy atom. The molecule has 0 unspecified atom stereocenters. The van der Waals surface area contributed by atoms with Gasteiger partial charge in [0.25, 0.3) is 0 Å². The number of terminal acetylenes is 1. The Morgan fingerprint density at radius 3 is 2.58 bits per heavy atom. The van der Waals surface area contributed by atoms with Crippen molar-refractivity contribution in [3.63, 3.8) is 0 Å². The van der Waals surface area contributed by atoms with Crippen LogP contribution in [-0.4, -0.2) is 43.5 Å². The molecule has 5 heteroatoms. The van der Waals surface area contributed by atoms with Gasteiger partial charge in [-0.2, -0.15) is 0 Å². The number of furan rings is 1. The molecule has 33 heavy (non-hydrogen) atoms. The number of fused-ring (bicyclic) bond motifs is 3. The topological polar surface area (TPSA) is 51.9 Å². The number of carbonyl (C=O) groups is 1. The summed E-state index contributed by atoms with van der Waals surface area (Å²) < 4.78 is 18.0. The molecule has 176 valence electrons. The average Bonchev–Trinajstić information content (AvgIpc) is 3.19. The third kappa shape index (κ3) is 4.86. The highest BCUT2D eigenvalue weighted by atomic mass is 16.5. The lowest BCUT2D eigenvalue weighted by atomic mass is 9.71. The van der Waals surface area contributed by atoms with Gasteiger partial charge in [-0.3, -0.25) is 4.79 Å². The van der Waals surface area contributed by atoms with Gasteiger partial charge in [0.2, 0.25) is 5.78 Å². The van der Waals surface area contributed by atoms with Crippen LogP contribution in [0.25, 0.3) is 11.0 Å². The Labute approximate surface area is 197 Å². The monoisotopic (exact) mass is 449 g/mol. The van der Waals surface area contributed by atoms with Crippen LogP contribution in [0.4, 0.5) is 0 Å². The Morgan fingerprint density at radius 1 is 1.21 bits per heavy atom. The minimum Gasteiger partial charge on any atom is -0.497 e. The molecule has 0 aliphatic heterocycles. The van der Waals surface area contributed by atoms with Crippen LogP contribution in [0.2, 0.25) is 0 Å². The first-order chi connectivity index (χ1) is 15.8. The van der Waals surface area contributed by atoms with Crippen LogP contribution in [0.3, 0.4) is 0 Å². The molecule has 0 saturated carbocycles. The number of benzene rings is 1. The molecule has 1 aliphatic rings. The number of ether oxygens (including phenoxy) is 2. The van der Waals surface area contributed by atoms with E-state index in [9.17, 15) is 4.79 Å². The minimum atomic E-state index is -0.599. The minimum absolute atomic E-state index is 0.185. The molecule has 2 aromatic rings. The Bertz CT molecular complexity index is 1120. The van der Waals surface area contributed by atoms with Crippen LogP contribution in [0.1, 0.15) is 64.1 Å². The van der Waals surface area contributed by atoms with Gasteiger partial charge in [0.15, 0.2) is 0 Å². The average molecular weight is 450 g/mol. The molecule has 0 atom stereocenters. The van der Waals surface area contributed by atoms with Crippen molar-refractivity contribution < 1.29 is 18.7 Å². The van der Waals surface area contributed by atoms with Crippen LogP contribution in [-0.2, 0) is 10.2 Å². The van der Waals surface area contributed by atoms with E-state index in [0.717, 1.165) is 48.5 Å². The second-order valence-corrected chi connectivity index (χ2v) is 8.83. The van der Waals surface area contributed by atoms with Gasteiger partial charge in [-0.05, 0) is 64.1 Å². The van der Waals surface area contributed by atoms with Gasteiger partial charge in [-0.15, -0.1) is 6.42 Å². The van der Waals surface area contributed by atoms with Crippen molar-refractivity contribution in [1.29, 1.82) is 0 Å². The number of rotatable bonds is 10. The fraction of sp³-hybridized carbons (Fsp3) is 0.464. The first kappa shape index (κ1) is 24.7. The predicted molar refractivity (Wildman–Crippen MR) is 133 cm³/mol. The van der Waals surface area contributed by atoms with Crippen LogP contribution < -0.4 is 4.74 Å². The van der Waals surface area contributed by atoms with E-state index >= 15 is 0 Å². The van der Waals surface area contributed by atoms with Crippen LogP contribution in [0, 0.1) is 12.3 Å². The summed E-state index contributed by atoms with van der Waals surface area (Å²) >= 11 is 0. The van der Waals surface area contributed by atoms with E-state index in [-0.39, 0.29) is 5.78 Å². The zero-order valence-corrected chi connectivity index (χ0v) is 20.7. The zero-order chi connectivity index (χ0) is 24.2. The van der Waals surface area contributed by atoms with Gasteiger partial charge in [0.1, 0.15) is 23.7 Å². The van der Waals surface area contributed by atoms with Crippen molar-refractivity contribution in [1.82, 2.24) is 4.90 Å². The SMILES string of the molecule is C#CC1=C(/C=C(\C)OCCN(CC)CC)C(C)(C)c2oc3cc(OCCC)ccc3c2C1=O. The van der Waals surface area contributed by atoms with E-state index in [2.05, 4.69) is 31.6 Å². The number of nitrogens with zero attached hydrogens (tertiary/aromatic N) is 1. The number of Topliss-reactive ketones (excluding diaryl/α,β-unsaturated/α-hetero) is 1. The standard InChI is InChI=1S/C28H35NO4/c1-8-15-32-20-12-13-22-24(18-20)33-27-25(22)26(30)21(9-2)23(28(27,6)7)17-19(5)31-16-14-29(10-3)11-4/h2,12-13,17-18H,8,10-11,14-16H2,1,3-7H3/b19-17+. The van der Waals surface area contributed by atoms with Crippen LogP contribution in [0.5, 0.6) is 5.75 Å². The van der Waals surface area contributed by atoms with E-state index in [0.29, 0.717) is 35.7 Å². The van der Waals surface area contributed by atoms with E-state index < -0.39 is 5.41 Å². The summed E-state index contributed by atoms with van der Waals surface area (Å²) in [5, 5.41) is 0.759. The Balaban J connectivity index is 1.97. The summed E-state index contributed by atoms with van der Waals surface area (Å²) in [7, 11) is 0. The molecule has 1 aromatic carbocycles.